The van der Waals surface area contributed by atoms with E-state index in [1.807, 2.05) is 25.2 Å². The third-order valence-electron chi connectivity index (χ3n) is 3.25. The molecule has 1 N–H and O–H groups in total. The Labute approximate surface area is 128 Å². The Morgan fingerprint density at radius 1 is 1.45 bits per heavy atom. The van der Waals surface area contributed by atoms with Gasteiger partial charge < -0.3 is 10.1 Å². The molecule has 20 heavy (non-hydrogen) atoms. The third-order valence-corrected chi connectivity index (χ3v) is 4.37. The molecule has 0 radical (unpaired) electrons. The van der Waals surface area contributed by atoms with Crippen LogP contribution in [0.5, 0.6) is 5.75 Å². The van der Waals surface area contributed by atoms with E-state index in [1.54, 1.807) is 7.11 Å². The molecule has 1 heterocycles. The Bertz CT molecular complexity index is 573. The summed E-state index contributed by atoms with van der Waals surface area (Å²) >= 11 is 7.53. The molecule has 1 unspecified atom stereocenters. The minimum atomic E-state index is 0.164. The first-order chi connectivity index (χ1) is 9.69. The number of nitrogens with one attached hydrogen (secondary N) is 1. The number of likely N-dealkylation sites (N-methyl/N-ethyl adjacent to an activating group) is 1. The first-order valence-corrected chi connectivity index (χ1v) is 7.65. The number of benzene rings is 1. The molecule has 108 valence electrons. The standard InChI is InChI=1S/C14H18ClN3OS/c1-4-11-14(20-18-17-11)12(16-2)8-9-7-10(15)5-6-13(9)19-3/h5-7,12,16H,4,8H2,1-3H3. The lowest BCUT2D eigenvalue weighted by Crippen LogP contribution is -2.19. The molecule has 4 nitrogen and oxygen atoms in total. The van der Waals surface area contributed by atoms with Crippen molar-refractivity contribution in [2.45, 2.75) is 25.8 Å². The normalized spacial score (nSPS) is 12.4. The Morgan fingerprint density at radius 2 is 2.25 bits per heavy atom. The van der Waals surface area contributed by atoms with E-state index in [9.17, 15) is 0 Å². The quantitative estimate of drug-likeness (QED) is 0.889. The van der Waals surface area contributed by atoms with Gasteiger partial charge in [-0.1, -0.05) is 23.0 Å². The Morgan fingerprint density at radius 3 is 2.90 bits per heavy atom. The molecular weight excluding hydrogens is 294 g/mol. The zero-order valence-corrected chi connectivity index (χ0v) is 13.4. The average Bonchev–Trinajstić information content (AvgIpc) is 2.93. The summed E-state index contributed by atoms with van der Waals surface area (Å²) in [4.78, 5) is 1.18. The minimum Gasteiger partial charge on any atom is -0.496 e. The summed E-state index contributed by atoms with van der Waals surface area (Å²) in [5.74, 6) is 0.852. The highest BCUT2D eigenvalue weighted by Crippen LogP contribution is 2.30. The van der Waals surface area contributed by atoms with E-state index >= 15 is 0 Å². The van der Waals surface area contributed by atoms with Crippen molar-refractivity contribution in [3.8, 4) is 5.75 Å². The second-order valence-electron chi connectivity index (χ2n) is 4.44. The van der Waals surface area contributed by atoms with E-state index in [-0.39, 0.29) is 6.04 Å². The van der Waals surface area contributed by atoms with Gasteiger partial charge in [0.1, 0.15) is 5.75 Å². The maximum atomic E-state index is 6.09. The summed E-state index contributed by atoms with van der Waals surface area (Å²) in [7, 11) is 3.62. The lowest BCUT2D eigenvalue weighted by Gasteiger charge is -2.17. The van der Waals surface area contributed by atoms with E-state index in [0.29, 0.717) is 5.02 Å². The summed E-state index contributed by atoms with van der Waals surface area (Å²) in [5, 5.41) is 8.22. The van der Waals surface area contributed by atoms with Crippen molar-refractivity contribution in [3.05, 3.63) is 39.4 Å². The maximum absolute atomic E-state index is 6.09. The van der Waals surface area contributed by atoms with Crippen LogP contribution in [-0.4, -0.2) is 23.7 Å². The van der Waals surface area contributed by atoms with Crippen LogP contribution in [0.2, 0.25) is 5.02 Å². The van der Waals surface area contributed by atoms with Crippen LogP contribution in [0.4, 0.5) is 0 Å². The fourth-order valence-electron chi connectivity index (χ4n) is 2.18. The molecule has 1 atom stereocenters. The number of hydrogen-bond donors (Lipinski definition) is 1. The van der Waals surface area contributed by atoms with Gasteiger partial charge in [0.05, 0.1) is 17.7 Å². The van der Waals surface area contributed by atoms with Gasteiger partial charge in [-0.3, -0.25) is 0 Å². The van der Waals surface area contributed by atoms with Crippen LogP contribution in [0.1, 0.15) is 29.1 Å². The van der Waals surface area contributed by atoms with Gasteiger partial charge in [-0.05, 0) is 55.2 Å². The van der Waals surface area contributed by atoms with E-state index in [0.717, 1.165) is 29.8 Å². The molecule has 0 saturated carbocycles. The van der Waals surface area contributed by atoms with Gasteiger partial charge in [-0.2, -0.15) is 0 Å². The minimum absolute atomic E-state index is 0.164. The van der Waals surface area contributed by atoms with Gasteiger partial charge in [0.25, 0.3) is 0 Å². The molecule has 2 aromatic rings. The van der Waals surface area contributed by atoms with Crippen LogP contribution < -0.4 is 10.1 Å². The number of hydrogen-bond acceptors (Lipinski definition) is 5. The molecule has 2 rings (SSSR count). The molecular formula is C14H18ClN3OS. The van der Waals surface area contributed by atoms with Crippen molar-refractivity contribution in [1.29, 1.82) is 0 Å². The van der Waals surface area contributed by atoms with Gasteiger partial charge in [0.2, 0.25) is 0 Å². The molecule has 0 amide bonds. The molecule has 0 aliphatic carbocycles. The summed E-state index contributed by atoms with van der Waals surface area (Å²) in [5.41, 5.74) is 2.13. The molecule has 6 heteroatoms. The third kappa shape index (κ3) is 3.29. The number of methoxy groups -OCH3 is 1. The molecule has 0 saturated heterocycles. The van der Waals surface area contributed by atoms with Gasteiger partial charge in [0, 0.05) is 11.1 Å². The second-order valence-corrected chi connectivity index (χ2v) is 5.66. The monoisotopic (exact) mass is 311 g/mol. The number of ether oxygens (including phenoxy) is 1. The highest BCUT2D eigenvalue weighted by atomic mass is 35.5. The number of nitrogens with zero attached hydrogens (tertiary/aromatic N) is 2. The number of aryl methyl sites for hydroxylation is 1. The predicted octanol–water partition coefficient (Wildman–Crippen LogP) is 3.27. The molecule has 1 aromatic carbocycles. The van der Waals surface area contributed by atoms with Crippen molar-refractivity contribution in [1.82, 2.24) is 14.9 Å². The Balaban J connectivity index is 2.29. The highest BCUT2D eigenvalue weighted by molar-refractivity contribution is 7.05. The fraction of sp³-hybridized carbons (Fsp3) is 0.429. The van der Waals surface area contributed by atoms with E-state index in [1.165, 1.54) is 16.4 Å². The first kappa shape index (κ1) is 15.2. The number of halogens is 1. The van der Waals surface area contributed by atoms with E-state index in [4.69, 9.17) is 16.3 Å². The van der Waals surface area contributed by atoms with Crippen molar-refractivity contribution in [2.24, 2.45) is 0 Å². The zero-order valence-electron chi connectivity index (χ0n) is 11.8. The molecule has 1 aromatic heterocycles. The molecule has 0 aliphatic heterocycles. The lowest BCUT2D eigenvalue weighted by atomic mass is 10.0. The van der Waals surface area contributed by atoms with Crippen LogP contribution in [-0.2, 0) is 12.8 Å². The predicted molar refractivity (Wildman–Crippen MR) is 82.8 cm³/mol. The van der Waals surface area contributed by atoms with Crippen LogP contribution in [0.25, 0.3) is 0 Å². The van der Waals surface area contributed by atoms with Gasteiger partial charge in [0.15, 0.2) is 0 Å². The van der Waals surface area contributed by atoms with Gasteiger partial charge in [-0.15, -0.1) is 5.10 Å². The SMILES string of the molecule is CCc1nnsc1C(Cc1cc(Cl)ccc1OC)NC. The number of rotatable bonds is 6. The van der Waals surface area contributed by atoms with Crippen LogP contribution in [0.15, 0.2) is 18.2 Å². The molecule has 0 aliphatic rings. The maximum Gasteiger partial charge on any atom is 0.122 e. The largest absolute Gasteiger partial charge is 0.496 e. The zero-order chi connectivity index (χ0) is 14.5. The van der Waals surface area contributed by atoms with Crippen LogP contribution in [0, 0.1) is 0 Å². The molecule has 0 fully saturated rings. The lowest BCUT2D eigenvalue weighted by molar-refractivity contribution is 0.406. The first-order valence-electron chi connectivity index (χ1n) is 6.50. The van der Waals surface area contributed by atoms with Crippen molar-refractivity contribution in [2.75, 3.05) is 14.2 Å². The van der Waals surface area contributed by atoms with Crippen LogP contribution in [0.3, 0.4) is 0 Å². The summed E-state index contributed by atoms with van der Waals surface area (Å²) in [6, 6.07) is 5.85. The van der Waals surface area contributed by atoms with Gasteiger partial charge >= 0.3 is 0 Å². The summed E-state index contributed by atoms with van der Waals surface area (Å²) in [6.07, 6.45) is 1.67. The average molecular weight is 312 g/mol. The Kier molecular flexibility index (Phi) is 5.34. The van der Waals surface area contributed by atoms with Crippen molar-refractivity contribution in [3.63, 3.8) is 0 Å². The molecule has 0 spiro atoms. The number of aromatic nitrogens is 2. The molecule has 0 bridgehead atoms. The summed E-state index contributed by atoms with van der Waals surface area (Å²) < 4.78 is 9.46. The van der Waals surface area contributed by atoms with E-state index < -0.39 is 0 Å². The van der Waals surface area contributed by atoms with E-state index in [2.05, 4.69) is 21.8 Å². The van der Waals surface area contributed by atoms with Gasteiger partial charge in [-0.25, -0.2) is 0 Å². The Hall–Kier alpha value is -1.17. The smallest absolute Gasteiger partial charge is 0.122 e. The summed E-state index contributed by atoms with van der Waals surface area (Å²) in [6.45, 7) is 2.09. The fourth-order valence-corrected chi connectivity index (χ4v) is 3.22. The van der Waals surface area contributed by atoms with Crippen molar-refractivity contribution < 1.29 is 4.74 Å². The van der Waals surface area contributed by atoms with Crippen LogP contribution >= 0.6 is 23.1 Å². The topological polar surface area (TPSA) is 47.0 Å². The second kappa shape index (κ2) is 7.02. The highest BCUT2D eigenvalue weighted by Gasteiger charge is 2.19. The van der Waals surface area contributed by atoms with Crippen molar-refractivity contribution >= 4 is 23.1 Å².